The van der Waals surface area contributed by atoms with Crippen molar-refractivity contribution in [3.63, 3.8) is 0 Å². The number of hydrogen-bond donors (Lipinski definition) is 1. The van der Waals surface area contributed by atoms with Gasteiger partial charge in [-0.05, 0) is 37.8 Å². The summed E-state index contributed by atoms with van der Waals surface area (Å²) in [6, 6.07) is 3.43. The maximum Gasteiger partial charge on any atom is 0.280 e. The zero-order valence-electron chi connectivity index (χ0n) is 11.3. The molecule has 6 nitrogen and oxygen atoms in total. The molecule has 0 radical (unpaired) electrons. The van der Waals surface area contributed by atoms with E-state index in [1.54, 1.807) is 12.3 Å². The molecule has 2 unspecified atom stereocenters. The van der Waals surface area contributed by atoms with Gasteiger partial charge < -0.3 is 9.15 Å². The summed E-state index contributed by atoms with van der Waals surface area (Å²) >= 11 is 0. The lowest BCUT2D eigenvalue weighted by atomic mass is 10.2. The molecule has 112 valence electrons. The number of ether oxygens (including phenoxy) is 1. The molecule has 2 saturated heterocycles. The van der Waals surface area contributed by atoms with Crippen LogP contribution < -0.4 is 4.72 Å². The Morgan fingerprint density at radius 2 is 2.25 bits per heavy atom. The molecule has 0 aliphatic carbocycles. The van der Waals surface area contributed by atoms with Crippen LogP contribution in [0.1, 0.15) is 37.5 Å². The highest BCUT2D eigenvalue weighted by atomic mass is 32.2. The maximum absolute atomic E-state index is 12.4. The molecule has 0 amide bonds. The van der Waals surface area contributed by atoms with Gasteiger partial charge >= 0.3 is 0 Å². The molecule has 2 atom stereocenters. The highest BCUT2D eigenvalue weighted by Crippen LogP contribution is 2.33. The monoisotopic (exact) mass is 300 g/mol. The molecule has 0 bridgehead atoms. The fourth-order valence-corrected chi connectivity index (χ4v) is 4.36. The van der Waals surface area contributed by atoms with Crippen LogP contribution in [0.25, 0.3) is 0 Å². The van der Waals surface area contributed by atoms with Gasteiger partial charge in [0.25, 0.3) is 10.2 Å². The molecule has 3 heterocycles. The van der Waals surface area contributed by atoms with E-state index in [1.807, 2.05) is 6.07 Å². The van der Waals surface area contributed by atoms with E-state index in [4.69, 9.17) is 9.15 Å². The Morgan fingerprint density at radius 3 is 2.95 bits per heavy atom. The highest BCUT2D eigenvalue weighted by molar-refractivity contribution is 7.87. The number of furan rings is 1. The first-order valence-corrected chi connectivity index (χ1v) is 8.52. The van der Waals surface area contributed by atoms with E-state index in [-0.39, 0.29) is 12.1 Å². The van der Waals surface area contributed by atoms with Crippen LogP contribution in [-0.2, 0) is 14.9 Å². The fourth-order valence-electron chi connectivity index (χ4n) is 2.88. The van der Waals surface area contributed by atoms with E-state index in [2.05, 4.69) is 4.72 Å². The lowest BCUT2D eigenvalue weighted by Gasteiger charge is -2.23. The van der Waals surface area contributed by atoms with E-state index < -0.39 is 10.2 Å². The van der Waals surface area contributed by atoms with Crippen molar-refractivity contribution in [3.05, 3.63) is 24.2 Å². The Labute approximate surface area is 119 Å². The van der Waals surface area contributed by atoms with E-state index in [1.165, 1.54) is 4.31 Å². The highest BCUT2D eigenvalue weighted by Gasteiger charge is 2.36. The van der Waals surface area contributed by atoms with Crippen molar-refractivity contribution in [3.8, 4) is 0 Å². The minimum absolute atomic E-state index is 0.00874. The molecule has 0 aromatic carbocycles. The van der Waals surface area contributed by atoms with Crippen molar-refractivity contribution < 1.29 is 17.6 Å². The molecule has 2 aliphatic heterocycles. The second-order valence-corrected chi connectivity index (χ2v) is 6.98. The summed E-state index contributed by atoms with van der Waals surface area (Å²) in [6.45, 7) is 1.61. The summed E-state index contributed by atoms with van der Waals surface area (Å²) in [5.41, 5.74) is 0. The molecular formula is C13H20N2O4S. The SMILES string of the molecule is O=S(=O)(NCC1CCCO1)N1CCCC1c1ccco1. The Balaban J connectivity index is 1.66. The van der Waals surface area contributed by atoms with Crippen LogP contribution in [-0.4, -0.2) is 38.5 Å². The van der Waals surface area contributed by atoms with Crippen LogP contribution in [0.5, 0.6) is 0 Å². The number of hydrogen-bond acceptors (Lipinski definition) is 4. The van der Waals surface area contributed by atoms with Crippen LogP contribution in [0.3, 0.4) is 0 Å². The van der Waals surface area contributed by atoms with Gasteiger partial charge in [0.1, 0.15) is 5.76 Å². The van der Waals surface area contributed by atoms with Crippen molar-refractivity contribution in [2.45, 2.75) is 37.8 Å². The van der Waals surface area contributed by atoms with E-state index >= 15 is 0 Å². The molecule has 2 fully saturated rings. The third kappa shape index (κ3) is 2.90. The first kappa shape index (κ1) is 14.1. The normalized spacial score (nSPS) is 28.2. The van der Waals surface area contributed by atoms with Crippen molar-refractivity contribution in [1.29, 1.82) is 0 Å². The Hall–Kier alpha value is -0.890. The Kier molecular flexibility index (Phi) is 4.11. The van der Waals surface area contributed by atoms with Crippen LogP contribution in [0.2, 0.25) is 0 Å². The third-order valence-corrected chi connectivity index (χ3v) is 5.49. The molecule has 1 N–H and O–H groups in total. The molecule has 7 heteroatoms. The molecule has 0 spiro atoms. The average Bonchev–Trinajstić information content (AvgIpc) is 3.16. The molecule has 20 heavy (non-hydrogen) atoms. The van der Waals surface area contributed by atoms with Gasteiger partial charge in [0.05, 0.1) is 18.4 Å². The minimum atomic E-state index is -3.48. The summed E-state index contributed by atoms with van der Waals surface area (Å²) in [7, 11) is -3.48. The summed E-state index contributed by atoms with van der Waals surface area (Å²) in [6.07, 6.45) is 5.17. The van der Waals surface area contributed by atoms with Gasteiger partial charge in [0.15, 0.2) is 0 Å². The first-order chi connectivity index (χ1) is 9.67. The topological polar surface area (TPSA) is 71.8 Å². The van der Waals surface area contributed by atoms with E-state index in [9.17, 15) is 8.42 Å². The molecule has 1 aromatic heterocycles. The maximum atomic E-state index is 12.4. The van der Waals surface area contributed by atoms with Crippen LogP contribution in [0.15, 0.2) is 22.8 Å². The second-order valence-electron chi connectivity index (χ2n) is 5.27. The Morgan fingerprint density at radius 1 is 1.35 bits per heavy atom. The summed E-state index contributed by atoms with van der Waals surface area (Å²) in [5, 5.41) is 0. The Bertz CT molecular complexity index is 523. The summed E-state index contributed by atoms with van der Waals surface area (Å²) < 4.78 is 39.8. The second kappa shape index (κ2) is 5.85. The van der Waals surface area contributed by atoms with E-state index in [0.717, 1.165) is 32.3 Å². The van der Waals surface area contributed by atoms with Gasteiger partial charge in [-0.2, -0.15) is 17.4 Å². The zero-order chi connectivity index (χ0) is 14.0. The lowest BCUT2D eigenvalue weighted by Crippen LogP contribution is -2.43. The molecule has 2 aliphatic rings. The van der Waals surface area contributed by atoms with Gasteiger partial charge in [-0.15, -0.1) is 0 Å². The molecule has 3 rings (SSSR count). The van der Waals surface area contributed by atoms with Crippen LogP contribution in [0.4, 0.5) is 0 Å². The predicted octanol–water partition coefficient (Wildman–Crippen LogP) is 1.43. The fraction of sp³-hybridized carbons (Fsp3) is 0.692. The van der Waals surface area contributed by atoms with Gasteiger partial charge in [0.2, 0.25) is 0 Å². The minimum Gasteiger partial charge on any atom is -0.468 e. The van der Waals surface area contributed by atoms with Crippen molar-refractivity contribution in [1.82, 2.24) is 9.03 Å². The number of rotatable bonds is 5. The van der Waals surface area contributed by atoms with Gasteiger partial charge in [-0.25, -0.2) is 0 Å². The molecular weight excluding hydrogens is 280 g/mol. The van der Waals surface area contributed by atoms with Crippen molar-refractivity contribution >= 4 is 10.2 Å². The number of nitrogens with zero attached hydrogens (tertiary/aromatic N) is 1. The number of nitrogens with one attached hydrogen (secondary N) is 1. The summed E-state index contributed by atoms with van der Waals surface area (Å²) in [4.78, 5) is 0. The lowest BCUT2D eigenvalue weighted by molar-refractivity contribution is 0.114. The van der Waals surface area contributed by atoms with Crippen molar-refractivity contribution in [2.75, 3.05) is 19.7 Å². The van der Waals surface area contributed by atoms with E-state index in [0.29, 0.717) is 18.8 Å². The van der Waals surface area contributed by atoms with Crippen molar-refractivity contribution in [2.24, 2.45) is 0 Å². The summed E-state index contributed by atoms with van der Waals surface area (Å²) in [5.74, 6) is 0.713. The molecule has 0 saturated carbocycles. The van der Waals surface area contributed by atoms with Gasteiger partial charge in [0, 0.05) is 19.7 Å². The quantitative estimate of drug-likeness (QED) is 0.893. The van der Waals surface area contributed by atoms with Gasteiger partial charge in [-0.3, -0.25) is 0 Å². The standard InChI is InChI=1S/C13H20N2O4S/c16-20(17,14-10-11-4-2-8-18-11)15-7-1-5-12(15)13-6-3-9-19-13/h3,6,9,11-12,14H,1-2,4-5,7-8,10H2. The molecule has 1 aromatic rings. The largest absolute Gasteiger partial charge is 0.468 e. The zero-order valence-corrected chi connectivity index (χ0v) is 12.1. The third-order valence-electron chi connectivity index (χ3n) is 3.90. The average molecular weight is 300 g/mol. The predicted molar refractivity (Wildman–Crippen MR) is 73.3 cm³/mol. The van der Waals surface area contributed by atoms with Crippen LogP contribution in [0, 0.1) is 0 Å². The van der Waals surface area contributed by atoms with Gasteiger partial charge in [-0.1, -0.05) is 0 Å². The smallest absolute Gasteiger partial charge is 0.280 e. The first-order valence-electron chi connectivity index (χ1n) is 7.08. The van der Waals surface area contributed by atoms with Crippen LogP contribution >= 0.6 is 0 Å².